The van der Waals surface area contributed by atoms with Crippen LogP contribution in [0.1, 0.15) is 37.3 Å². The quantitative estimate of drug-likeness (QED) is 0.242. The number of nitrogen functional groups attached to an aromatic ring is 1. The van der Waals surface area contributed by atoms with Gasteiger partial charge in [-0.15, -0.1) is 0 Å². The van der Waals surface area contributed by atoms with Crippen molar-refractivity contribution < 1.29 is 36.2 Å². The van der Waals surface area contributed by atoms with Crippen LogP contribution < -0.4 is 5.73 Å². The maximum absolute atomic E-state index is 12.9. The third-order valence-corrected chi connectivity index (χ3v) is 9.98. The number of carboxylic acids is 1. The molecular weight excluding hydrogens is 600 g/mol. The zero-order valence-electron chi connectivity index (χ0n) is 23.8. The summed E-state index contributed by atoms with van der Waals surface area (Å²) in [6.45, 7) is 0.367. The Hall–Kier alpha value is -3.86. The summed E-state index contributed by atoms with van der Waals surface area (Å²) < 4.78 is 63.1. The van der Waals surface area contributed by atoms with Crippen molar-refractivity contribution in [2.75, 3.05) is 38.6 Å². The summed E-state index contributed by atoms with van der Waals surface area (Å²) in [5.41, 5.74) is 7.38. The second kappa shape index (κ2) is 11.3. The van der Waals surface area contributed by atoms with Gasteiger partial charge in [0.15, 0.2) is 30.9 Å². The Morgan fingerprint density at radius 2 is 1.72 bits per heavy atom. The first-order valence-corrected chi connectivity index (χ1v) is 17.1. The van der Waals surface area contributed by atoms with E-state index in [4.69, 9.17) is 20.2 Å². The van der Waals surface area contributed by atoms with Crippen LogP contribution >= 0.6 is 0 Å². The number of rotatable bonds is 10. The Labute approximate surface area is 248 Å². The third-order valence-electron chi connectivity index (χ3n) is 7.69. The van der Waals surface area contributed by atoms with E-state index in [9.17, 15) is 26.7 Å². The highest BCUT2D eigenvalue weighted by atomic mass is 32.2. The van der Waals surface area contributed by atoms with Crippen LogP contribution in [0.2, 0.25) is 0 Å². The number of methoxy groups -OCH3 is 1. The first kappa shape index (κ1) is 30.6. The van der Waals surface area contributed by atoms with Crippen molar-refractivity contribution in [3.63, 3.8) is 0 Å². The van der Waals surface area contributed by atoms with Gasteiger partial charge in [0.1, 0.15) is 10.7 Å². The molecule has 1 fully saturated rings. The second-order valence-corrected chi connectivity index (χ2v) is 14.6. The Bertz CT molecular complexity index is 1890. The molecule has 0 spiro atoms. The van der Waals surface area contributed by atoms with Gasteiger partial charge in [0, 0.05) is 42.9 Å². The number of carbonyl (C=O) groups is 1. The summed E-state index contributed by atoms with van der Waals surface area (Å²) in [5.74, 6) is -1.56. The summed E-state index contributed by atoms with van der Waals surface area (Å²) in [5, 5.41) is 18.6. The minimum absolute atomic E-state index is 0.0936. The maximum atomic E-state index is 12.9. The molecule has 3 N–H and O–H groups in total. The topological polar surface area (TPSA) is 198 Å². The molecular formula is C27H32N6O8S2. The Morgan fingerprint density at radius 1 is 1.05 bits per heavy atom. The number of anilines is 1. The number of hydrogen-bond donors (Lipinski definition) is 2. The smallest absolute Gasteiger partial charge is 0.335 e. The Kier molecular flexibility index (Phi) is 8.06. The highest BCUT2D eigenvalue weighted by Crippen LogP contribution is 2.43. The number of nitrogens with two attached hydrogens (primary N) is 1. The molecule has 3 heterocycles. The molecule has 14 nitrogen and oxygen atoms in total. The van der Waals surface area contributed by atoms with E-state index in [0.717, 1.165) is 12.5 Å². The lowest BCUT2D eigenvalue weighted by atomic mass is 9.77. The summed E-state index contributed by atoms with van der Waals surface area (Å²) in [6.07, 6.45) is 7.95. The molecule has 1 aromatic carbocycles. The number of hydrogen-bond acceptors (Lipinski definition) is 11. The average Bonchev–Trinajstić information content (AvgIpc) is 3.60. The van der Waals surface area contributed by atoms with E-state index in [1.54, 1.807) is 29.2 Å². The van der Waals surface area contributed by atoms with Crippen molar-refractivity contribution in [2.24, 2.45) is 0 Å². The highest BCUT2D eigenvalue weighted by molar-refractivity contribution is 7.91. The van der Waals surface area contributed by atoms with E-state index in [1.807, 2.05) is 0 Å². The van der Waals surface area contributed by atoms with Crippen LogP contribution in [0.5, 0.6) is 0 Å². The van der Waals surface area contributed by atoms with Crippen LogP contribution in [-0.2, 0) is 33.9 Å². The molecule has 0 bridgehead atoms. The van der Waals surface area contributed by atoms with Crippen molar-refractivity contribution in [3.05, 3.63) is 48.5 Å². The predicted molar refractivity (Wildman–Crippen MR) is 156 cm³/mol. The van der Waals surface area contributed by atoms with Crippen LogP contribution in [0, 0.1) is 0 Å². The summed E-state index contributed by atoms with van der Waals surface area (Å²) >= 11 is 0. The van der Waals surface area contributed by atoms with Gasteiger partial charge in [-0.3, -0.25) is 0 Å². The molecule has 0 unspecified atom stereocenters. The average molecular weight is 633 g/mol. The third kappa shape index (κ3) is 5.87. The maximum Gasteiger partial charge on any atom is 0.335 e. The normalized spacial score (nSPS) is 19.6. The van der Waals surface area contributed by atoms with Crippen LogP contribution in [0.15, 0.2) is 52.6 Å². The first-order valence-electron chi connectivity index (χ1n) is 13.3. The van der Waals surface area contributed by atoms with Gasteiger partial charge in [-0.1, -0.05) is 0 Å². The van der Waals surface area contributed by atoms with Crippen molar-refractivity contribution in [1.29, 1.82) is 0 Å². The summed E-state index contributed by atoms with van der Waals surface area (Å²) in [4.78, 5) is 17.0. The number of fused-ring (bicyclic) bond motifs is 1. The summed E-state index contributed by atoms with van der Waals surface area (Å²) in [7, 11) is -5.69. The van der Waals surface area contributed by atoms with E-state index in [1.165, 1.54) is 30.0 Å². The number of ether oxygens (including phenoxy) is 2. The van der Waals surface area contributed by atoms with Crippen LogP contribution in [0.4, 0.5) is 5.82 Å². The number of aromatic nitrogens is 5. The molecule has 43 heavy (non-hydrogen) atoms. The highest BCUT2D eigenvalue weighted by Gasteiger charge is 2.44. The van der Waals surface area contributed by atoms with E-state index in [0.29, 0.717) is 35.3 Å². The zero-order chi connectivity index (χ0) is 31.2. The van der Waals surface area contributed by atoms with Gasteiger partial charge in [-0.2, -0.15) is 14.7 Å². The SMILES string of the molecule is COCCO[C@]1(C(=O)O)CC[C@H](c2nc3c(-c4cnn(-c5ccc(S(C)(=O)=O)cc5)c4)cnn3c(N)c2S(C)(=O)=O)CC1. The zero-order valence-corrected chi connectivity index (χ0v) is 25.4. The molecule has 3 aromatic heterocycles. The van der Waals surface area contributed by atoms with E-state index < -0.39 is 37.2 Å². The molecule has 0 aliphatic heterocycles. The Morgan fingerprint density at radius 3 is 2.30 bits per heavy atom. The largest absolute Gasteiger partial charge is 0.479 e. The number of benzene rings is 1. The fourth-order valence-corrected chi connectivity index (χ4v) is 7.11. The van der Waals surface area contributed by atoms with Gasteiger partial charge in [0.2, 0.25) is 0 Å². The van der Waals surface area contributed by atoms with Gasteiger partial charge >= 0.3 is 5.97 Å². The Balaban J connectivity index is 1.52. The van der Waals surface area contributed by atoms with Crippen LogP contribution in [0.25, 0.3) is 22.5 Å². The lowest BCUT2D eigenvalue weighted by molar-refractivity contribution is -0.173. The first-order chi connectivity index (χ1) is 20.2. The molecule has 4 aromatic rings. The molecule has 230 valence electrons. The molecule has 1 aliphatic carbocycles. The molecule has 1 aliphatic rings. The minimum atomic E-state index is -3.84. The fraction of sp³-hybridized carbons (Fsp3) is 0.407. The second-order valence-electron chi connectivity index (χ2n) is 10.6. The minimum Gasteiger partial charge on any atom is -0.479 e. The van der Waals surface area contributed by atoms with Gasteiger partial charge < -0.3 is 20.3 Å². The number of aliphatic carboxylic acids is 1. The van der Waals surface area contributed by atoms with Crippen molar-refractivity contribution in [3.8, 4) is 16.8 Å². The van der Waals surface area contributed by atoms with Gasteiger partial charge in [0.25, 0.3) is 0 Å². The van der Waals surface area contributed by atoms with Gasteiger partial charge in [-0.25, -0.2) is 31.3 Å². The van der Waals surface area contributed by atoms with Gasteiger partial charge in [-0.05, 0) is 49.9 Å². The molecule has 16 heteroatoms. The lowest BCUT2D eigenvalue weighted by Crippen LogP contribution is -2.45. The van der Waals surface area contributed by atoms with E-state index in [2.05, 4.69) is 10.2 Å². The van der Waals surface area contributed by atoms with Crippen LogP contribution in [-0.4, -0.2) is 90.7 Å². The standard InChI is InChI=1S/C27H32N6O8S2/c1-40-12-13-41-27(26(34)35)10-8-17(9-11-27)22-23(43(3,38)39)24(28)33-25(31-22)21(15-30-33)18-14-29-32(16-18)19-4-6-20(7-5-19)42(2,36)37/h4-7,14-17H,8-13,28H2,1-3H3,(H,34,35)/t17-,27+. The number of nitrogens with zero attached hydrogens (tertiary/aromatic N) is 5. The van der Waals surface area contributed by atoms with Crippen molar-refractivity contribution in [2.45, 2.75) is 47.0 Å². The lowest BCUT2D eigenvalue weighted by Gasteiger charge is -2.36. The summed E-state index contributed by atoms with van der Waals surface area (Å²) in [6, 6.07) is 6.26. The molecule has 1 saturated carbocycles. The van der Waals surface area contributed by atoms with E-state index >= 15 is 0 Å². The van der Waals surface area contributed by atoms with Crippen LogP contribution in [0.3, 0.4) is 0 Å². The number of sulfone groups is 2. The molecule has 5 rings (SSSR count). The number of carboxylic acid groups (broad SMARTS) is 1. The molecule has 0 atom stereocenters. The monoisotopic (exact) mass is 632 g/mol. The molecule has 0 amide bonds. The fourth-order valence-electron chi connectivity index (χ4n) is 5.43. The molecule has 0 radical (unpaired) electrons. The van der Waals surface area contributed by atoms with Gasteiger partial charge in [0.05, 0.1) is 41.9 Å². The van der Waals surface area contributed by atoms with Crippen molar-refractivity contribution in [1.82, 2.24) is 24.4 Å². The predicted octanol–water partition coefficient (Wildman–Crippen LogP) is 2.12. The molecule has 0 saturated heterocycles. The van der Waals surface area contributed by atoms with Crippen molar-refractivity contribution >= 4 is 37.1 Å². The van der Waals surface area contributed by atoms with E-state index in [-0.39, 0.29) is 47.4 Å².